The Bertz CT molecular complexity index is 646. The number of rotatable bonds is 4. The van der Waals surface area contributed by atoms with Crippen LogP contribution in [0.15, 0.2) is 41.0 Å². The molecule has 0 aliphatic heterocycles. The van der Waals surface area contributed by atoms with Crippen LogP contribution in [0, 0.1) is 6.92 Å². The van der Waals surface area contributed by atoms with Gasteiger partial charge in [0, 0.05) is 16.4 Å². The fourth-order valence-corrected chi connectivity index (χ4v) is 2.09. The van der Waals surface area contributed by atoms with E-state index >= 15 is 0 Å². The Morgan fingerprint density at radius 1 is 1.33 bits per heavy atom. The van der Waals surface area contributed by atoms with Gasteiger partial charge in [-0.05, 0) is 49.7 Å². The summed E-state index contributed by atoms with van der Waals surface area (Å²) in [6.07, 6.45) is 1.49. The third kappa shape index (κ3) is 4.44. The number of hydrogen-bond acceptors (Lipinski definition) is 3. The monoisotopic (exact) mass is 367 g/mol. The Morgan fingerprint density at radius 2 is 2.10 bits per heavy atom. The fourth-order valence-electron chi connectivity index (χ4n) is 1.73. The van der Waals surface area contributed by atoms with Gasteiger partial charge in [0.2, 0.25) is 5.91 Å². The normalized spacial score (nSPS) is 11.8. The molecule has 1 atom stereocenters. The highest BCUT2D eigenvalue weighted by molar-refractivity contribution is 9.10. The molecular formula is C15H15BrClN3O. The molecular weight excluding hydrogens is 354 g/mol. The van der Waals surface area contributed by atoms with E-state index in [1.165, 1.54) is 6.20 Å². The summed E-state index contributed by atoms with van der Waals surface area (Å²) in [5.74, 6) is 0.315. The highest BCUT2D eigenvalue weighted by Gasteiger charge is 2.13. The minimum absolute atomic E-state index is 0.162. The Hall–Kier alpha value is -1.59. The van der Waals surface area contributed by atoms with Crippen LogP contribution < -0.4 is 10.6 Å². The van der Waals surface area contributed by atoms with E-state index in [0.717, 1.165) is 15.7 Å². The number of carbonyl (C=O) groups is 1. The van der Waals surface area contributed by atoms with Gasteiger partial charge in [-0.1, -0.05) is 27.5 Å². The molecule has 21 heavy (non-hydrogen) atoms. The van der Waals surface area contributed by atoms with Gasteiger partial charge in [-0.15, -0.1) is 0 Å². The zero-order valence-corrected chi connectivity index (χ0v) is 14.0. The quantitative estimate of drug-likeness (QED) is 0.848. The summed E-state index contributed by atoms with van der Waals surface area (Å²) in [6.45, 7) is 3.79. The lowest BCUT2D eigenvalue weighted by Crippen LogP contribution is -2.32. The largest absolute Gasteiger partial charge is 0.374 e. The lowest BCUT2D eigenvalue weighted by molar-refractivity contribution is -0.116. The van der Waals surface area contributed by atoms with Crippen molar-refractivity contribution in [1.29, 1.82) is 0 Å². The molecule has 0 fully saturated rings. The van der Waals surface area contributed by atoms with Gasteiger partial charge >= 0.3 is 0 Å². The molecule has 1 aromatic carbocycles. The van der Waals surface area contributed by atoms with Crippen LogP contribution in [0.2, 0.25) is 5.02 Å². The lowest BCUT2D eigenvalue weighted by Gasteiger charge is -2.15. The highest BCUT2D eigenvalue weighted by atomic mass is 79.9. The van der Waals surface area contributed by atoms with Gasteiger partial charge in [-0.3, -0.25) is 4.79 Å². The number of benzene rings is 1. The number of carbonyl (C=O) groups excluding carboxylic acids is 1. The van der Waals surface area contributed by atoms with Crippen molar-refractivity contribution in [3.05, 3.63) is 51.6 Å². The topological polar surface area (TPSA) is 54.0 Å². The molecule has 0 aliphatic rings. The van der Waals surface area contributed by atoms with E-state index in [4.69, 9.17) is 11.6 Å². The minimum Gasteiger partial charge on any atom is -0.374 e. The molecule has 0 bridgehead atoms. The third-order valence-corrected chi connectivity index (χ3v) is 4.03. The Morgan fingerprint density at radius 3 is 2.71 bits per heavy atom. The summed E-state index contributed by atoms with van der Waals surface area (Å²) in [7, 11) is 0. The summed E-state index contributed by atoms with van der Waals surface area (Å²) in [4.78, 5) is 16.1. The summed E-state index contributed by atoms with van der Waals surface area (Å²) in [5.41, 5.74) is 1.99. The van der Waals surface area contributed by atoms with Gasteiger partial charge in [0.25, 0.3) is 0 Å². The van der Waals surface area contributed by atoms with Crippen molar-refractivity contribution in [1.82, 2.24) is 4.98 Å². The molecule has 0 unspecified atom stereocenters. The van der Waals surface area contributed by atoms with Crippen LogP contribution in [0.5, 0.6) is 0 Å². The van der Waals surface area contributed by atoms with Crippen molar-refractivity contribution >= 4 is 44.9 Å². The molecule has 1 heterocycles. The van der Waals surface area contributed by atoms with Gasteiger partial charge in [-0.25, -0.2) is 4.98 Å². The summed E-state index contributed by atoms with van der Waals surface area (Å²) in [5, 5.41) is 6.42. The standard InChI is InChI=1S/C15H15BrClN3O/c1-9-7-12(4-5-13(9)16)19-10(2)15(21)20-14-6-3-11(17)8-18-14/h3-8,10,19H,1-2H3,(H,18,20,21)/t10-/m1/s1. The predicted octanol–water partition coefficient (Wildman–Crippen LogP) is 4.25. The third-order valence-electron chi connectivity index (χ3n) is 2.91. The minimum atomic E-state index is -0.386. The van der Waals surface area contributed by atoms with Crippen LogP contribution in [-0.4, -0.2) is 16.9 Å². The van der Waals surface area contributed by atoms with Crippen molar-refractivity contribution in [3.8, 4) is 0 Å². The van der Waals surface area contributed by atoms with Crippen LogP contribution >= 0.6 is 27.5 Å². The molecule has 2 rings (SSSR count). The van der Waals surface area contributed by atoms with Crippen molar-refractivity contribution in [2.75, 3.05) is 10.6 Å². The maximum atomic E-state index is 12.1. The van der Waals surface area contributed by atoms with Crippen LogP contribution in [0.3, 0.4) is 0 Å². The number of aromatic nitrogens is 1. The Balaban J connectivity index is 1.98. The van der Waals surface area contributed by atoms with E-state index in [9.17, 15) is 4.79 Å². The molecule has 110 valence electrons. The maximum Gasteiger partial charge on any atom is 0.247 e. The first kappa shape index (κ1) is 15.8. The number of anilines is 2. The first-order chi connectivity index (χ1) is 9.95. The molecule has 0 radical (unpaired) electrons. The first-order valence-corrected chi connectivity index (χ1v) is 7.58. The summed E-state index contributed by atoms with van der Waals surface area (Å²) in [6, 6.07) is 8.80. The zero-order valence-electron chi connectivity index (χ0n) is 11.7. The van der Waals surface area contributed by atoms with E-state index in [0.29, 0.717) is 10.8 Å². The van der Waals surface area contributed by atoms with Crippen molar-refractivity contribution in [2.24, 2.45) is 0 Å². The van der Waals surface area contributed by atoms with E-state index in [1.807, 2.05) is 25.1 Å². The molecule has 4 nitrogen and oxygen atoms in total. The molecule has 1 aromatic heterocycles. The van der Waals surface area contributed by atoms with E-state index < -0.39 is 0 Å². The van der Waals surface area contributed by atoms with E-state index in [2.05, 4.69) is 31.5 Å². The number of pyridine rings is 1. The lowest BCUT2D eigenvalue weighted by atomic mass is 10.2. The number of amides is 1. The van der Waals surface area contributed by atoms with Gasteiger partial charge < -0.3 is 10.6 Å². The summed E-state index contributed by atoms with van der Waals surface area (Å²) < 4.78 is 1.04. The van der Waals surface area contributed by atoms with E-state index in [1.54, 1.807) is 19.1 Å². The Labute approximate surface area is 137 Å². The fraction of sp³-hybridized carbons (Fsp3) is 0.200. The van der Waals surface area contributed by atoms with Crippen LogP contribution in [-0.2, 0) is 4.79 Å². The molecule has 1 amide bonds. The van der Waals surface area contributed by atoms with Gasteiger partial charge in [0.1, 0.15) is 11.9 Å². The number of aryl methyl sites for hydroxylation is 1. The molecule has 6 heteroatoms. The average molecular weight is 369 g/mol. The van der Waals surface area contributed by atoms with E-state index in [-0.39, 0.29) is 11.9 Å². The molecule has 0 saturated heterocycles. The maximum absolute atomic E-state index is 12.1. The average Bonchev–Trinajstić information content (AvgIpc) is 2.45. The zero-order chi connectivity index (χ0) is 15.4. The second kappa shape index (κ2) is 6.91. The highest BCUT2D eigenvalue weighted by Crippen LogP contribution is 2.20. The molecule has 0 aliphatic carbocycles. The number of nitrogens with one attached hydrogen (secondary N) is 2. The van der Waals surface area contributed by atoms with Crippen LogP contribution in [0.1, 0.15) is 12.5 Å². The smallest absolute Gasteiger partial charge is 0.247 e. The second-order valence-corrected chi connectivity index (χ2v) is 5.97. The second-order valence-electron chi connectivity index (χ2n) is 4.68. The van der Waals surface area contributed by atoms with Gasteiger partial charge in [-0.2, -0.15) is 0 Å². The number of hydrogen-bond donors (Lipinski definition) is 2. The van der Waals surface area contributed by atoms with Crippen molar-refractivity contribution in [3.63, 3.8) is 0 Å². The number of halogens is 2. The van der Waals surface area contributed by atoms with Crippen molar-refractivity contribution in [2.45, 2.75) is 19.9 Å². The molecule has 2 N–H and O–H groups in total. The molecule has 0 saturated carbocycles. The van der Waals surface area contributed by atoms with Crippen molar-refractivity contribution < 1.29 is 4.79 Å². The van der Waals surface area contributed by atoms with Crippen LogP contribution in [0.25, 0.3) is 0 Å². The predicted molar refractivity (Wildman–Crippen MR) is 89.8 cm³/mol. The first-order valence-electron chi connectivity index (χ1n) is 6.41. The van der Waals surface area contributed by atoms with Crippen LogP contribution in [0.4, 0.5) is 11.5 Å². The molecule has 0 spiro atoms. The summed E-state index contributed by atoms with van der Waals surface area (Å²) >= 11 is 9.20. The van der Waals surface area contributed by atoms with Gasteiger partial charge in [0.15, 0.2) is 0 Å². The number of nitrogens with zero attached hydrogens (tertiary/aromatic N) is 1. The van der Waals surface area contributed by atoms with Gasteiger partial charge in [0.05, 0.1) is 5.02 Å². The SMILES string of the molecule is Cc1cc(N[C@H](C)C(=O)Nc2ccc(Cl)cn2)ccc1Br. The Kier molecular flexibility index (Phi) is 5.20. The molecule has 2 aromatic rings.